The van der Waals surface area contributed by atoms with Crippen molar-refractivity contribution in [3.05, 3.63) is 209 Å². The van der Waals surface area contributed by atoms with Gasteiger partial charge in [-0.25, -0.2) is 0 Å². The Labute approximate surface area is 393 Å². The molecule has 9 aromatic rings. The predicted molar refractivity (Wildman–Crippen MR) is 281 cm³/mol. The monoisotopic (exact) mass is 863 g/mol. The molecule has 0 N–H and O–H groups in total. The third-order valence-corrected chi connectivity index (χ3v) is 14.3. The average Bonchev–Trinajstić information content (AvgIpc) is 3.33. The number of rotatable bonds is 6. The molecular weight excluding hydrogens is 816 g/mol. The van der Waals surface area contributed by atoms with Crippen LogP contribution in [-0.4, -0.2) is 13.4 Å². The molecule has 4 heterocycles. The fourth-order valence-electron chi connectivity index (χ4n) is 11.1. The molecule has 4 aliphatic rings. The summed E-state index contributed by atoms with van der Waals surface area (Å²) in [5.74, 6) is 3.35. The minimum atomic E-state index is -0.0551. The van der Waals surface area contributed by atoms with E-state index in [4.69, 9.17) is 9.47 Å². The zero-order chi connectivity index (χ0) is 45.2. The summed E-state index contributed by atoms with van der Waals surface area (Å²) in [6.45, 7) is 12.8. The van der Waals surface area contributed by atoms with Crippen molar-refractivity contribution < 1.29 is 9.47 Å². The Bertz CT molecular complexity index is 3180. The lowest BCUT2D eigenvalue weighted by Gasteiger charge is -2.47. The van der Waals surface area contributed by atoms with E-state index in [1.54, 1.807) is 0 Å². The molecule has 0 amide bonds. The first kappa shape index (κ1) is 39.5. The highest BCUT2D eigenvalue weighted by Gasteiger charge is 2.50. The van der Waals surface area contributed by atoms with Crippen LogP contribution in [0, 0.1) is 41.5 Å². The van der Waals surface area contributed by atoms with Gasteiger partial charge in [0.15, 0.2) is 0 Å². The Kier molecular flexibility index (Phi) is 8.73. The van der Waals surface area contributed by atoms with Crippen LogP contribution in [0.15, 0.2) is 176 Å². The van der Waals surface area contributed by atoms with E-state index in [-0.39, 0.29) is 13.4 Å². The molecule has 9 aromatic carbocycles. The number of ether oxygens (including phenoxy) is 2. The van der Waals surface area contributed by atoms with E-state index in [9.17, 15) is 0 Å². The molecule has 320 valence electrons. The summed E-state index contributed by atoms with van der Waals surface area (Å²) in [6.07, 6.45) is 0. The van der Waals surface area contributed by atoms with Gasteiger partial charge in [0.2, 0.25) is 0 Å². The van der Waals surface area contributed by atoms with Gasteiger partial charge in [0.1, 0.15) is 23.0 Å². The number of anilines is 9. The SMILES string of the molecule is Cc1ccc(N(c2ccc(C)cc2)c2ccc3c(c2)Oc2cc4c5c6c2B3c2cc(C)ccc2N6c2ccc(C)cc2B5c2ccc(N(c3ccc(C)cc3)c3ccc(C)cc3)cc2O4)cc1. The number of nitrogens with zero attached hydrogens (tertiary/aromatic N) is 3. The van der Waals surface area contributed by atoms with Gasteiger partial charge in [-0.15, -0.1) is 0 Å². The van der Waals surface area contributed by atoms with Crippen LogP contribution >= 0.6 is 0 Å². The number of hydrogen-bond donors (Lipinski definition) is 0. The highest BCUT2D eigenvalue weighted by Crippen LogP contribution is 2.48. The van der Waals surface area contributed by atoms with Crippen molar-refractivity contribution in [1.29, 1.82) is 0 Å². The Hall–Kier alpha value is -7.89. The van der Waals surface area contributed by atoms with Crippen molar-refractivity contribution in [2.45, 2.75) is 41.5 Å². The van der Waals surface area contributed by atoms with Crippen LogP contribution in [0.2, 0.25) is 0 Å². The van der Waals surface area contributed by atoms with Crippen LogP contribution in [0.3, 0.4) is 0 Å². The van der Waals surface area contributed by atoms with Gasteiger partial charge < -0.3 is 24.2 Å². The van der Waals surface area contributed by atoms with Crippen LogP contribution in [-0.2, 0) is 0 Å². The summed E-state index contributed by atoms with van der Waals surface area (Å²) < 4.78 is 14.6. The van der Waals surface area contributed by atoms with Gasteiger partial charge in [-0.2, -0.15) is 0 Å². The molecule has 0 saturated carbocycles. The molecule has 7 heteroatoms. The molecule has 0 spiro atoms. The van der Waals surface area contributed by atoms with Gasteiger partial charge in [-0.05, 0) is 147 Å². The Balaban J connectivity index is 1.01. The Morgan fingerprint density at radius 3 is 1.00 bits per heavy atom. The van der Waals surface area contributed by atoms with Crippen LogP contribution in [0.25, 0.3) is 0 Å². The quantitative estimate of drug-likeness (QED) is 0.155. The van der Waals surface area contributed by atoms with E-state index in [0.717, 1.165) is 68.0 Å². The average molecular weight is 864 g/mol. The van der Waals surface area contributed by atoms with Crippen molar-refractivity contribution in [2.24, 2.45) is 0 Å². The second kappa shape index (κ2) is 14.8. The molecule has 5 nitrogen and oxygen atoms in total. The first-order valence-corrected chi connectivity index (χ1v) is 23.4. The molecule has 0 bridgehead atoms. The maximum atomic E-state index is 7.29. The van der Waals surface area contributed by atoms with Crippen molar-refractivity contribution in [3.8, 4) is 23.0 Å². The summed E-state index contributed by atoms with van der Waals surface area (Å²) in [4.78, 5) is 7.16. The first-order chi connectivity index (χ1) is 32.6. The van der Waals surface area contributed by atoms with Crippen molar-refractivity contribution >= 4 is 97.4 Å². The summed E-state index contributed by atoms with van der Waals surface area (Å²) in [6, 6.07) is 64.8. The molecule has 4 aliphatic heterocycles. The molecule has 0 fully saturated rings. The molecule has 0 aromatic heterocycles. The van der Waals surface area contributed by atoms with Gasteiger partial charge >= 0.3 is 0 Å². The van der Waals surface area contributed by atoms with Crippen LogP contribution in [0.4, 0.5) is 51.2 Å². The Morgan fingerprint density at radius 2 is 0.642 bits per heavy atom. The molecule has 0 radical (unpaired) electrons. The molecule has 13 rings (SSSR count). The normalized spacial score (nSPS) is 13.1. The number of benzene rings is 9. The molecule has 0 aliphatic carbocycles. The van der Waals surface area contributed by atoms with Gasteiger partial charge in [-0.3, -0.25) is 0 Å². The summed E-state index contributed by atoms with van der Waals surface area (Å²) in [5.41, 5.74) is 24.6. The van der Waals surface area contributed by atoms with Crippen LogP contribution < -0.4 is 57.0 Å². The van der Waals surface area contributed by atoms with Crippen LogP contribution in [0.1, 0.15) is 33.4 Å². The maximum Gasteiger partial charge on any atom is 0.256 e. The molecule has 0 atom stereocenters. The van der Waals surface area contributed by atoms with E-state index in [0.29, 0.717) is 0 Å². The third kappa shape index (κ3) is 6.18. The topological polar surface area (TPSA) is 28.2 Å². The highest BCUT2D eigenvalue weighted by atomic mass is 16.5. The number of fused-ring (bicyclic) bond motifs is 10. The van der Waals surface area contributed by atoms with Crippen molar-refractivity contribution in [1.82, 2.24) is 0 Å². The van der Waals surface area contributed by atoms with Gasteiger partial charge in [0.05, 0.1) is 0 Å². The fourth-order valence-corrected chi connectivity index (χ4v) is 11.1. The lowest BCUT2D eigenvalue weighted by atomic mass is 9.29. The maximum absolute atomic E-state index is 7.29. The van der Waals surface area contributed by atoms with Gasteiger partial charge in [0, 0.05) is 69.4 Å². The van der Waals surface area contributed by atoms with E-state index in [1.807, 2.05) is 0 Å². The second-order valence-electron chi connectivity index (χ2n) is 19.0. The van der Waals surface area contributed by atoms with Crippen LogP contribution in [0.5, 0.6) is 23.0 Å². The molecule has 67 heavy (non-hydrogen) atoms. The lowest BCUT2D eigenvalue weighted by molar-refractivity contribution is 0.466. The Morgan fingerprint density at radius 1 is 0.313 bits per heavy atom. The van der Waals surface area contributed by atoms with E-state index in [2.05, 4.69) is 232 Å². The third-order valence-electron chi connectivity index (χ3n) is 14.3. The highest BCUT2D eigenvalue weighted by molar-refractivity contribution is 7.03. The smallest absolute Gasteiger partial charge is 0.256 e. The zero-order valence-corrected chi connectivity index (χ0v) is 38.6. The fraction of sp³-hybridized carbons (Fsp3) is 0.100. The van der Waals surface area contributed by atoms with Gasteiger partial charge in [0.25, 0.3) is 13.4 Å². The molecule has 0 saturated heterocycles. The van der Waals surface area contributed by atoms with Crippen molar-refractivity contribution in [3.63, 3.8) is 0 Å². The van der Waals surface area contributed by atoms with E-state index < -0.39 is 0 Å². The van der Waals surface area contributed by atoms with Gasteiger partial charge in [-0.1, -0.05) is 118 Å². The minimum absolute atomic E-state index is 0.0551. The second-order valence-corrected chi connectivity index (χ2v) is 19.0. The molecule has 0 unspecified atom stereocenters. The number of hydrogen-bond acceptors (Lipinski definition) is 5. The molecular formula is C60H47B2N3O2. The first-order valence-electron chi connectivity index (χ1n) is 23.4. The lowest BCUT2D eigenvalue weighted by Crippen LogP contribution is -2.67. The minimum Gasteiger partial charge on any atom is -0.458 e. The predicted octanol–water partition coefficient (Wildman–Crippen LogP) is 11.8. The largest absolute Gasteiger partial charge is 0.458 e. The van der Waals surface area contributed by atoms with E-state index >= 15 is 0 Å². The summed E-state index contributed by atoms with van der Waals surface area (Å²) >= 11 is 0. The van der Waals surface area contributed by atoms with E-state index in [1.165, 1.54) is 72.3 Å². The summed E-state index contributed by atoms with van der Waals surface area (Å²) in [7, 11) is 0. The zero-order valence-electron chi connectivity index (χ0n) is 38.6. The van der Waals surface area contributed by atoms with Crippen molar-refractivity contribution in [2.75, 3.05) is 14.7 Å². The number of aryl methyl sites for hydroxylation is 6. The summed E-state index contributed by atoms with van der Waals surface area (Å²) in [5, 5.41) is 0. The standard InChI is InChI=1S/C60H47B2N3O2/c1-36-7-17-42(18-8-36)63(43-19-9-37(2)10-20-43)46-25-27-48-54(33-46)66-56-35-57-59-60-58(56)61(48)50-31-40(5)15-29-52(50)65(60)53-30-16-41(6)32-51(53)62(59)49-28-26-47(34-55(49)67-57)64(44-21-11-38(3)12-22-44)45-23-13-39(4)14-24-45/h7-35H,1-6H3.